The van der Waals surface area contributed by atoms with Crippen molar-refractivity contribution in [2.45, 2.75) is 5.67 Å². The number of allylic oxidation sites excluding steroid dienone is 3. The molecule has 2 aromatic heterocycles. The van der Waals surface area contributed by atoms with Gasteiger partial charge in [0.05, 0.1) is 11.2 Å². The molecule has 3 rings (SSSR count). The average Bonchev–Trinajstić information content (AvgIpc) is 3.12. The van der Waals surface area contributed by atoms with E-state index in [1.54, 1.807) is 23.0 Å². The number of primary amides is 1. The van der Waals surface area contributed by atoms with E-state index in [9.17, 15) is 4.79 Å². The maximum atomic E-state index is 15.7. The molecule has 20 heavy (non-hydrogen) atoms. The monoisotopic (exact) mass is 291 g/mol. The molecule has 0 bridgehead atoms. The molecule has 0 radical (unpaired) electrons. The standard InChI is InChI=1S/C12H10FN5OS/c13-12(11-15-5-17-18-11)7(9-4-20-6-16-9)2-1-3-8(12)10(14)19/h1-6,8H,(H2,14,19)(H,15,17,18). The number of aromatic amines is 1. The summed E-state index contributed by atoms with van der Waals surface area (Å²) < 4.78 is 15.7. The summed E-state index contributed by atoms with van der Waals surface area (Å²) >= 11 is 1.33. The summed E-state index contributed by atoms with van der Waals surface area (Å²) in [4.78, 5) is 19.6. The van der Waals surface area contributed by atoms with E-state index < -0.39 is 17.5 Å². The summed E-state index contributed by atoms with van der Waals surface area (Å²) in [5.41, 5.74) is 5.35. The number of hydrogen-bond acceptors (Lipinski definition) is 5. The Morgan fingerprint density at radius 1 is 1.50 bits per heavy atom. The number of rotatable bonds is 3. The van der Waals surface area contributed by atoms with Crippen LogP contribution < -0.4 is 5.73 Å². The summed E-state index contributed by atoms with van der Waals surface area (Å²) in [6.45, 7) is 0. The van der Waals surface area contributed by atoms with Gasteiger partial charge in [-0.15, -0.1) is 11.3 Å². The van der Waals surface area contributed by atoms with Crippen molar-refractivity contribution in [3.63, 3.8) is 0 Å². The molecule has 2 unspecified atom stereocenters. The van der Waals surface area contributed by atoms with Crippen molar-refractivity contribution < 1.29 is 9.18 Å². The minimum absolute atomic E-state index is 0.134. The molecule has 102 valence electrons. The predicted octanol–water partition coefficient (Wildman–Crippen LogP) is 1.18. The lowest BCUT2D eigenvalue weighted by Gasteiger charge is -2.31. The zero-order valence-corrected chi connectivity index (χ0v) is 11.0. The van der Waals surface area contributed by atoms with E-state index in [1.165, 1.54) is 23.7 Å². The normalized spacial score (nSPS) is 25.4. The number of carbonyl (C=O) groups excluding carboxylic acids is 1. The van der Waals surface area contributed by atoms with Crippen LogP contribution in [0.2, 0.25) is 0 Å². The fraction of sp³-hybridized carbons (Fsp3) is 0.167. The van der Waals surface area contributed by atoms with Gasteiger partial charge in [-0.3, -0.25) is 9.89 Å². The van der Waals surface area contributed by atoms with Crippen LogP contribution in [-0.4, -0.2) is 26.1 Å². The van der Waals surface area contributed by atoms with Gasteiger partial charge in [-0.1, -0.05) is 18.2 Å². The van der Waals surface area contributed by atoms with Crippen LogP contribution in [0.3, 0.4) is 0 Å². The van der Waals surface area contributed by atoms with Gasteiger partial charge in [-0.2, -0.15) is 5.10 Å². The number of thiazole rings is 1. The first-order valence-electron chi connectivity index (χ1n) is 5.76. The molecule has 1 aliphatic carbocycles. The molecule has 0 saturated heterocycles. The Morgan fingerprint density at radius 3 is 2.95 bits per heavy atom. The molecular weight excluding hydrogens is 281 g/mol. The molecule has 2 heterocycles. The Balaban J connectivity index is 2.19. The number of nitrogens with zero attached hydrogens (tertiary/aromatic N) is 3. The highest BCUT2D eigenvalue weighted by Crippen LogP contribution is 2.46. The van der Waals surface area contributed by atoms with Gasteiger partial charge in [0.1, 0.15) is 12.2 Å². The maximum absolute atomic E-state index is 15.7. The van der Waals surface area contributed by atoms with Gasteiger partial charge < -0.3 is 5.73 Å². The lowest BCUT2D eigenvalue weighted by atomic mass is 9.77. The quantitative estimate of drug-likeness (QED) is 0.887. The molecule has 3 N–H and O–H groups in total. The van der Waals surface area contributed by atoms with Crippen molar-refractivity contribution in [2.24, 2.45) is 11.7 Å². The van der Waals surface area contributed by atoms with E-state index in [1.807, 2.05) is 0 Å². The third-order valence-electron chi connectivity index (χ3n) is 3.14. The number of halogens is 1. The van der Waals surface area contributed by atoms with Crippen molar-refractivity contribution >= 4 is 22.8 Å². The first kappa shape index (κ1) is 12.7. The molecule has 2 aromatic rings. The zero-order chi connectivity index (χ0) is 14.2. The molecule has 8 heteroatoms. The van der Waals surface area contributed by atoms with Gasteiger partial charge in [0.2, 0.25) is 11.6 Å². The second-order valence-corrected chi connectivity index (χ2v) is 4.97. The Bertz CT molecular complexity index is 679. The van der Waals surface area contributed by atoms with E-state index >= 15 is 4.39 Å². The number of carbonyl (C=O) groups is 1. The number of H-pyrrole nitrogens is 1. The third kappa shape index (κ3) is 1.76. The molecule has 6 nitrogen and oxygen atoms in total. The fourth-order valence-corrected chi connectivity index (χ4v) is 2.79. The van der Waals surface area contributed by atoms with Crippen molar-refractivity contribution in [1.82, 2.24) is 20.2 Å². The van der Waals surface area contributed by atoms with Crippen LogP contribution in [0.1, 0.15) is 11.5 Å². The lowest BCUT2D eigenvalue weighted by Crippen LogP contribution is -2.41. The van der Waals surface area contributed by atoms with Crippen LogP contribution in [0, 0.1) is 5.92 Å². The largest absolute Gasteiger partial charge is 0.369 e. The Hall–Kier alpha value is -2.35. The van der Waals surface area contributed by atoms with E-state index in [4.69, 9.17) is 5.73 Å². The van der Waals surface area contributed by atoms with Crippen LogP contribution in [0.15, 0.2) is 35.4 Å². The van der Waals surface area contributed by atoms with Crippen molar-refractivity contribution in [3.05, 3.63) is 47.0 Å². The summed E-state index contributed by atoms with van der Waals surface area (Å²) in [5, 5.41) is 7.94. The highest BCUT2D eigenvalue weighted by Gasteiger charge is 2.51. The first-order chi connectivity index (χ1) is 9.64. The lowest BCUT2D eigenvalue weighted by molar-refractivity contribution is -0.123. The van der Waals surface area contributed by atoms with Crippen molar-refractivity contribution in [1.29, 1.82) is 0 Å². The SMILES string of the molecule is NC(=O)C1C=CC=C(c2cscn2)C1(F)c1nc[nH]n1. The van der Waals surface area contributed by atoms with Gasteiger partial charge in [0.25, 0.3) is 0 Å². The van der Waals surface area contributed by atoms with Gasteiger partial charge in [-0.25, -0.2) is 14.4 Å². The summed E-state index contributed by atoms with van der Waals surface area (Å²) in [7, 11) is 0. The number of nitrogens with two attached hydrogens (primary N) is 1. The fourth-order valence-electron chi connectivity index (χ4n) is 2.24. The predicted molar refractivity (Wildman–Crippen MR) is 71.1 cm³/mol. The molecule has 0 aliphatic heterocycles. The van der Waals surface area contributed by atoms with Crippen LogP contribution in [0.5, 0.6) is 0 Å². The van der Waals surface area contributed by atoms with Gasteiger partial charge in [0.15, 0.2) is 5.82 Å². The summed E-state index contributed by atoms with van der Waals surface area (Å²) in [5.74, 6) is -2.10. The smallest absolute Gasteiger partial charge is 0.228 e. The molecular formula is C12H10FN5OS. The number of aromatic nitrogens is 4. The Morgan fingerprint density at radius 2 is 2.35 bits per heavy atom. The zero-order valence-electron chi connectivity index (χ0n) is 10.2. The highest BCUT2D eigenvalue weighted by atomic mass is 32.1. The van der Waals surface area contributed by atoms with E-state index in [2.05, 4.69) is 20.2 Å². The minimum atomic E-state index is -2.23. The van der Waals surface area contributed by atoms with Crippen LogP contribution >= 0.6 is 11.3 Å². The molecule has 0 fully saturated rings. The summed E-state index contributed by atoms with van der Waals surface area (Å²) in [6, 6.07) is 0. The number of amides is 1. The van der Waals surface area contributed by atoms with Crippen LogP contribution in [-0.2, 0) is 10.5 Å². The number of alkyl halides is 1. The van der Waals surface area contributed by atoms with Crippen molar-refractivity contribution in [3.8, 4) is 0 Å². The third-order valence-corrected chi connectivity index (χ3v) is 3.73. The minimum Gasteiger partial charge on any atom is -0.369 e. The number of hydrogen-bond donors (Lipinski definition) is 2. The molecule has 2 atom stereocenters. The maximum Gasteiger partial charge on any atom is 0.228 e. The average molecular weight is 291 g/mol. The Kier molecular flexibility index (Phi) is 2.94. The van der Waals surface area contributed by atoms with Crippen LogP contribution in [0.4, 0.5) is 4.39 Å². The molecule has 0 spiro atoms. The molecule has 0 saturated carbocycles. The van der Waals surface area contributed by atoms with Crippen LogP contribution in [0.25, 0.3) is 5.57 Å². The van der Waals surface area contributed by atoms with Gasteiger partial charge in [-0.05, 0) is 0 Å². The second kappa shape index (κ2) is 4.64. The second-order valence-electron chi connectivity index (χ2n) is 4.25. The first-order valence-corrected chi connectivity index (χ1v) is 6.70. The van der Waals surface area contributed by atoms with E-state index in [0.717, 1.165) is 0 Å². The van der Waals surface area contributed by atoms with E-state index in [-0.39, 0.29) is 11.4 Å². The topological polar surface area (TPSA) is 97.5 Å². The highest BCUT2D eigenvalue weighted by molar-refractivity contribution is 7.07. The molecule has 0 aromatic carbocycles. The summed E-state index contributed by atoms with van der Waals surface area (Å²) in [6.07, 6.45) is 5.82. The molecule has 1 amide bonds. The van der Waals surface area contributed by atoms with Gasteiger partial charge in [0, 0.05) is 11.0 Å². The molecule has 1 aliphatic rings. The number of nitrogens with one attached hydrogen (secondary N) is 1. The van der Waals surface area contributed by atoms with Gasteiger partial charge >= 0.3 is 0 Å². The van der Waals surface area contributed by atoms with E-state index in [0.29, 0.717) is 5.69 Å². The van der Waals surface area contributed by atoms with Crippen molar-refractivity contribution in [2.75, 3.05) is 0 Å². The Labute approximate surface area is 117 Å².